The van der Waals surface area contributed by atoms with Crippen LogP contribution in [-0.2, 0) is 15.7 Å². The van der Waals surface area contributed by atoms with E-state index < -0.39 is 11.0 Å². The first-order valence-electron chi connectivity index (χ1n) is 10.3. The molecule has 0 saturated carbocycles. The smallest absolute Gasteiger partial charge is 0.255 e. The number of carbonyl (C=O) groups is 1. The SMILES string of the molecule is CNC(=O)c1c(-c2ccc(F)cc2)oc2cc3c(cc12)C(C)O[C@@H](CCO)CN3S(C)=O. The summed E-state index contributed by atoms with van der Waals surface area (Å²) in [6.45, 7) is 2.19. The van der Waals surface area contributed by atoms with E-state index in [2.05, 4.69) is 5.32 Å². The molecule has 0 spiro atoms. The van der Waals surface area contributed by atoms with Gasteiger partial charge in [0.1, 0.15) is 28.1 Å². The van der Waals surface area contributed by atoms with Crippen LogP contribution < -0.4 is 9.62 Å². The molecule has 1 aliphatic rings. The van der Waals surface area contributed by atoms with E-state index in [0.29, 0.717) is 46.5 Å². The maximum Gasteiger partial charge on any atom is 0.255 e. The van der Waals surface area contributed by atoms with Crippen molar-refractivity contribution in [2.75, 3.05) is 30.8 Å². The van der Waals surface area contributed by atoms with Crippen molar-refractivity contribution >= 4 is 33.5 Å². The zero-order valence-electron chi connectivity index (χ0n) is 18.1. The predicted octanol–water partition coefficient (Wildman–Crippen LogP) is 3.54. The van der Waals surface area contributed by atoms with Gasteiger partial charge < -0.3 is 19.6 Å². The highest BCUT2D eigenvalue weighted by molar-refractivity contribution is 7.85. The highest BCUT2D eigenvalue weighted by Gasteiger charge is 2.31. The molecule has 0 radical (unpaired) electrons. The first kappa shape index (κ1) is 22.4. The van der Waals surface area contributed by atoms with Crippen LogP contribution in [0.4, 0.5) is 10.1 Å². The van der Waals surface area contributed by atoms with Gasteiger partial charge in [-0.15, -0.1) is 0 Å². The number of aliphatic hydroxyl groups is 1. The highest BCUT2D eigenvalue weighted by atomic mass is 32.2. The van der Waals surface area contributed by atoms with Crippen LogP contribution in [0.2, 0.25) is 0 Å². The third-order valence-corrected chi connectivity index (χ3v) is 6.60. The minimum atomic E-state index is -1.35. The second kappa shape index (κ2) is 9.01. The Morgan fingerprint density at radius 3 is 2.66 bits per heavy atom. The largest absolute Gasteiger partial charge is 0.455 e. The lowest BCUT2D eigenvalue weighted by Crippen LogP contribution is -2.33. The van der Waals surface area contributed by atoms with E-state index in [1.165, 1.54) is 19.2 Å². The summed E-state index contributed by atoms with van der Waals surface area (Å²) in [5.41, 5.74) is 2.81. The van der Waals surface area contributed by atoms with Gasteiger partial charge in [0.15, 0.2) is 0 Å². The number of amides is 1. The molecule has 2 unspecified atom stereocenters. The Morgan fingerprint density at radius 2 is 2.03 bits per heavy atom. The van der Waals surface area contributed by atoms with Gasteiger partial charge in [-0.2, -0.15) is 0 Å². The first-order valence-corrected chi connectivity index (χ1v) is 11.8. The molecular weight excluding hydrogens is 435 g/mol. The molecule has 1 amide bonds. The number of furan rings is 1. The summed E-state index contributed by atoms with van der Waals surface area (Å²) in [5, 5.41) is 12.6. The molecule has 0 saturated heterocycles. The molecule has 2 aromatic carbocycles. The van der Waals surface area contributed by atoms with Crippen LogP contribution in [0.25, 0.3) is 22.3 Å². The van der Waals surface area contributed by atoms with Crippen LogP contribution in [0.3, 0.4) is 0 Å². The topological polar surface area (TPSA) is 92.0 Å². The molecule has 9 heteroatoms. The number of anilines is 1. The van der Waals surface area contributed by atoms with E-state index in [9.17, 15) is 18.5 Å². The van der Waals surface area contributed by atoms with Gasteiger partial charge in [0.2, 0.25) is 0 Å². The third kappa shape index (κ3) is 4.03. The molecular formula is C23H25FN2O5S. The Bertz CT molecular complexity index is 1180. The maximum absolute atomic E-state index is 13.4. The molecule has 7 nitrogen and oxygen atoms in total. The molecule has 2 N–H and O–H groups in total. The van der Waals surface area contributed by atoms with Gasteiger partial charge in [0, 0.05) is 42.5 Å². The van der Waals surface area contributed by atoms with Crippen molar-refractivity contribution in [2.24, 2.45) is 0 Å². The molecule has 170 valence electrons. The van der Waals surface area contributed by atoms with Crippen LogP contribution in [-0.4, -0.2) is 47.8 Å². The maximum atomic E-state index is 13.4. The fraction of sp³-hybridized carbons (Fsp3) is 0.348. The Hall–Kier alpha value is -2.75. The summed E-state index contributed by atoms with van der Waals surface area (Å²) < 4.78 is 40.0. The average Bonchev–Trinajstić information content (AvgIpc) is 3.08. The number of aliphatic hydroxyl groups excluding tert-OH is 1. The third-order valence-electron chi connectivity index (χ3n) is 5.63. The highest BCUT2D eigenvalue weighted by Crippen LogP contribution is 2.41. The molecule has 0 bridgehead atoms. The second-order valence-electron chi connectivity index (χ2n) is 7.70. The summed E-state index contributed by atoms with van der Waals surface area (Å²) in [7, 11) is 0.189. The van der Waals surface area contributed by atoms with Gasteiger partial charge in [0.05, 0.1) is 30.0 Å². The number of benzene rings is 2. The van der Waals surface area contributed by atoms with Crippen molar-refractivity contribution in [1.29, 1.82) is 0 Å². The number of halogens is 1. The summed E-state index contributed by atoms with van der Waals surface area (Å²) >= 11 is 0. The minimum Gasteiger partial charge on any atom is -0.455 e. The van der Waals surface area contributed by atoms with Crippen LogP contribution >= 0.6 is 0 Å². The van der Waals surface area contributed by atoms with Gasteiger partial charge in [-0.1, -0.05) is 0 Å². The normalized spacial score (nSPS) is 19.5. The summed E-state index contributed by atoms with van der Waals surface area (Å²) in [5.74, 6) is -0.391. The lowest BCUT2D eigenvalue weighted by molar-refractivity contribution is -0.00538. The molecule has 3 aromatic rings. The summed E-state index contributed by atoms with van der Waals surface area (Å²) in [6.07, 6.45) is 1.34. The van der Waals surface area contributed by atoms with Crippen molar-refractivity contribution in [3.05, 3.63) is 53.3 Å². The van der Waals surface area contributed by atoms with Crippen LogP contribution in [0.15, 0.2) is 40.8 Å². The number of nitrogens with one attached hydrogen (secondary N) is 1. The Labute approximate surface area is 187 Å². The second-order valence-corrected chi connectivity index (χ2v) is 8.99. The molecule has 2 heterocycles. The van der Waals surface area contributed by atoms with Crippen molar-refractivity contribution < 1.29 is 27.7 Å². The van der Waals surface area contributed by atoms with Crippen molar-refractivity contribution in [1.82, 2.24) is 5.32 Å². The van der Waals surface area contributed by atoms with Crippen LogP contribution in [0, 0.1) is 5.82 Å². The van der Waals surface area contributed by atoms with Crippen LogP contribution in [0.1, 0.15) is 35.4 Å². The van der Waals surface area contributed by atoms with Gasteiger partial charge in [-0.05, 0) is 43.7 Å². The molecule has 0 fully saturated rings. The molecule has 0 aliphatic carbocycles. The van der Waals surface area contributed by atoms with E-state index in [1.54, 1.807) is 28.8 Å². The molecule has 3 atom stereocenters. The number of hydrogen-bond donors (Lipinski definition) is 2. The first-order chi connectivity index (χ1) is 15.3. The fourth-order valence-corrected chi connectivity index (χ4v) is 4.89. The minimum absolute atomic E-state index is 0.0396. The number of carbonyl (C=O) groups excluding carboxylic acids is 1. The zero-order valence-corrected chi connectivity index (χ0v) is 18.9. The number of hydrogen-bond acceptors (Lipinski definition) is 5. The summed E-state index contributed by atoms with van der Waals surface area (Å²) in [6, 6.07) is 9.34. The Kier molecular flexibility index (Phi) is 6.32. The van der Waals surface area contributed by atoms with Gasteiger partial charge in [0.25, 0.3) is 5.91 Å². The molecule has 32 heavy (non-hydrogen) atoms. The Balaban J connectivity index is 1.95. The van der Waals surface area contributed by atoms with E-state index in [1.807, 2.05) is 13.0 Å². The lowest BCUT2D eigenvalue weighted by atomic mass is 10.0. The molecule has 1 aliphatic heterocycles. The van der Waals surface area contributed by atoms with E-state index in [-0.39, 0.29) is 30.5 Å². The Morgan fingerprint density at radius 1 is 1.31 bits per heavy atom. The molecule has 1 aromatic heterocycles. The van der Waals surface area contributed by atoms with E-state index in [0.717, 1.165) is 5.56 Å². The number of rotatable bonds is 5. The van der Waals surface area contributed by atoms with Crippen molar-refractivity contribution in [2.45, 2.75) is 25.6 Å². The average molecular weight is 461 g/mol. The van der Waals surface area contributed by atoms with Crippen molar-refractivity contribution in [3.63, 3.8) is 0 Å². The summed E-state index contributed by atoms with van der Waals surface area (Å²) in [4.78, 5) is 12.8. The van der Waals surface area contributed by atoms with Gasteiger partial charge in [-0.3, -0.25) is 9.10 Å². The predicted molar refractivity (Wildman–Crippen MR) is 121 cm³/mol. The van der Waals surface area contributed by atoms with Crippen molar-refractivity contribution in [3.8, 4) is 11.3 Å². The number of ether oxygens (including phenoxy) is 1. The fourth-order valence-electron chi connectivity index (χ4n) is 4.08. The van der Waals surface area contributed by atoms with Crippen LogP contribution in [0.5, 0.6) is 0 Å². The quantitative estimate of drug-likeness (QED) is 0.608. The molecule has 4 rings (SSSR count). The van der Waals surface area contributed by atoms with Gasteiger partial charge in [-0.25, -0.2) is 8.60 Å². The zero-order chi connectivity index (χ0) is 23.0. The van der Waals surface area contributed by atoms with E-state index in [4.69, 9.17) is 9.15 Å². The van der Waals surface area contributed by atoms with E-state index >= 15 is 0 Å². The number of fused-ring (bicyclic) bond motifs is 2. The number of nitrogens with zero attached hydrogens (tertiary/aromatic N) is 1. The monoisotopic (exact) mass is 460 g/mol. The van der Waals surface area contributed by atoms with Gasteiger partial charge >= 0.3 is 0 Å². The standard InChI is InChI=1S/C23H25FN2O5S/c1-13-17-10-18-20(11-19(17)26(32(3)29)12-16(30-13)8-9-27)31-22(21(18)23(28)25-2)14-4-6-15(24)7-5-14/h4-7,10-11,13,16,27H,8-9,12H2,1-3H3,(H,25,28)/t13?,16-,32?/m0/s1. The lowest BCUT2D eigenvalue weighted by Gasteiger charge is -2.23.